The van der Waals surface area contributed by atoms with Crippen LogP contribution in [-0.4, -0.2) is 25.8 Å². The van der Waals surface area contributed by atoms with Gasteiger partial charge in [0, 0.05) is 7.05 Å². The summed E-state index contributed by atoms with van der Waals surface area (Å²) in [6, 6.07) is 1.16. The van der Waals surface area contributed by atoms with E-state index in [9.17, 15) is 13.2 Å². The van der Waals surface area contributed by atoms with Crippen molar-refractivity contribution in [1.29, 1.82) is 0 Å². The van der Waals surface area contributed by atoms with E-state index in [0.717, 1.165) is 17.4 Å². The molecule has 0 amide bonds. The topological polar surface area (TPSA) is 83.5 Å². The minimum atomic E-state index is -4.26. The SMILES string of the molecule is CNc1sc(C(C)=O)cc1S(=O)(=O)O. The Kier molecular flexibility index (Phi) is 2.93. The first kappa shape index (κ1) is 11.2. The number of nitrogens with one attached hydrogen (secondary N) is 1. The minimum Gasteiger partial charge on any atom is -0.379 e. The molecule has 0 aliphatic carbocycles. The van der Waals surface area contributed by atoms with Crippen LogP contribution in [-0.2, 0) is 10.1 Å². The molecule has 0 atom stereocenters. The van der Waals surface area contributed by atoms with Crippen molar-refractivity contribution in [2.75, 3.05) is 12.4 Å². The van der Waals surface area contributed by atoms with E-state index in [1.54, 1.807) is 0 Å². The standard InChI is InChI=1S/C7H9NO4S2/c1-4(9)5-3-6(14(10,11)12)7(8-2)13-5/h3,8H,1-2H3,(H,10,11,12). The van der Waals surface area contributed by atoms with E-state index in [-0.39, 0.29) is 15.7 Å². The van der Waals surface area contributed by atoms with Crippen LogP contribution in [0, 0.1) is 0 Å². The van der Waals surface area contributed by atoms with E-state index in [1.807, 2.05) is 0 Å². The van der Waals surface area contributed by atoms with Gasteiger partial charge < -0.3 is 5.32 Å². The maximum atomic E-state index is 11.0. The van der Waals surface area contributed by atoms with Crippen LogP contribution < -0.4 is 5.32 Å². The average molecular weight is 235 g/mol. The Hall–Kier alpha value is -0.920. The first-order valence-electron chi connectivity index (χ1n) is 3.66. The minimum absolute atomic E-state index is 0.235. The summed E-state index contributed by atoms with van der Waals surface area (Å²) in [4.78, 5) is 11.0. The molecule has 0 fully saturated rings. The fourth-order valence-electron chi connectivity index (χ4n) is 0.914. The molecular formula is C7H9NO4S2. The molecule has 0 aromatic carbocycles. The monoisotopic (exact) mass is 235 g/mol. The van der Waals surface area contributed by atoms with E-state index in [0.29, 0.717) is 4.88 Å². The van der Waals surface area contributed by atoms with Gasteiger partial charge in [-0.15, -0.1) is 11.3 Å². The molecule has 0 saturated carbocycles. The lowest BCUT2D eigenvalue weighted by Crippen LogP contribution is -1.99. The van der Waals surface area contributed by atoms with Crippen molar-refractivity contribution in [3.05, 3.63) is 10.9 Å². The maximum Gasteiger partial charge on any atom is 0.297 e. The second-order valence-electron chi connectivity index (χ2n) is 2.59. The van der Waals surface area contributed by atoms with Gasteiger partial charge in [-0.3, -0.25) is 9.35 Å². The Balaban J connectivity index is 3.37. The highest BCUT2D eigenvalue weighted by Gasteiger charge is 2.20. The second-order valence-corrected chi connectivity index (χ2v) is 5.03. The van der Waals surface area contributed by atoms with Crippen molar-refractivity contribution >= 4 is 32.2 Å². The highest BCUT2D eigenvalue weighted by molar-refractivity contribution is 7.86. The number of ketones is 1. The van der Waals surface area contributed by atoms with Crippen LogP contribution in [0.25, 0.3) is 0 Å². The summed E-state index contributed by atoms with van der Waals surface area (Å²) in [7, 11) is -2.74. The Labute approximate surface area is 85.5 Å². The van der Waals surface area contributed by atoms with Gasteiger partial charge in [0.25, 0.3) is 10.1 Å². The van der Waals surface area contributed by atoms with Crippen LogP contribution in [0.5, 0.6) is 0 Å². The zero-order chi connectivity index (χ0) is 10.9. The number of rotatable bonds is 3. The quantitative estimate of drug-likeness (QED) is 0.608. The Morgan fingerprint density at radius 3 is 2.43 bits per heavy atom. The zero-order valence-corrected chi connectivity index (χ0v) is 9.20. The lowest BCUT2D eigenvalue weighted by atomic mass is 10.3. The third kappa shape index (κ3) is 2.11. The van der Waals surface area contributed by atoms with Crippen molar-refractivity contribution in [2.24, 2.45) is 0 Å². The van der Waals surface area contributed by atoms with E-state index in [2.05, 4.69) is 5.32 Å². The summed E-state index contributed by atoms with van der Waals surface area (Å²) in [5, 5.41) is 2.87. The highest BCUT2D eigenvalue weighted by Crippen LogP contribution is 2.31. The number of thiophene rings is 1. The van der Waals surface area contributed by atoms with Gasteiger partial charge >= 0.3 is 0 Å². The smallest absolute Gasteiger partial charge is 0.297 e. The number of carbonyl (C=O) groups excluding carboxylic acids is 1. The summed E-state index contributed by atoms with van der Waals surface area (Å²) in [6.07, 6.45) is 0. The summed E-state index contributed by atoms with van der Waals surface area (Å²) in [5.74, 6) is -0.235. The first-order valence-corrected chi connectivity index (χ1v) is 5.92. The van der Waals surface area contributed by atoms with Crippen LogP contribution in [0.2, 0.25) is 0 Å². The summed E-state index contributed by atoms with van der Waals surface area (Å²) in [6.45, 7) is 1.33. The van der Waals surface area contributed by atoms with E-state index in [1.165, 1.54) is 14.0 Å². The molecule has 2 N–H and O–H groups in total. The van der Waals surface area contributed by atoms with Gasteiger partial charge in [-0.25, -0.2) is 0 Å². The molecule has 78 valence electrons. The molecule has 14 heavy (non-hydrogen) atoms. The molecular weight excluding hydrogens is 226 g/mol. The number of hydrogen-bond donors (Lipinski definition) is 2. The van der Waals surface area contributed by atoms with Gasteiger partial charge in [0.2, 0.25) is 0 Å². The van der Waals surface area contributed by atoms with E-state index in [4.69, 9.17) is 4.55 Å². The average Bonchev–Trinajstić information content (AvgIpc) is 2.46. The van der Waals surface area contributed by atoms with Gasteiger partial charge in [-0.2, -0.15) is 8.42 Å². The first-order chi connectivity index (χ1) is 6.36. The molecule has 0 aliphatic heterocycles. The third-order valence-electron chi connectivity index (χ3n) is 1.55. The van der Waals surface area contributed by atoms with Gasteiger partial charge in [-0.1, -0.05) is 0 Å². The normalized spacial score (nSPS) is 11.4. The van der Waals surface area contributed by atoms with Crippen molar-refractivity contribution < 1.29 is 17.8 Å². The van der Waals surface area contributed by atoms with Crippen LogP contribution in [0.3, 0.4) is 0 Å². The maximum absolute atomic E-state index is 11.0. The van der Waals surface area contributed by atoms with Crippen molar-refractivity contribution in [2.45, 2.75) is 11.8 Å². The predicted octanol–water partition coefficient (Wildman–Crippen LogP) is 1.24. The fourth-order valence-corrected chi connectivity index (χ4v) is 2.83. The Bertz CT molecular complexity index is 460. The molecule has 0 radical (unpaired) electrons. The molecule has 0 bridgehead atoms. The number of hydrogen-bond acceptors (Lipinski definition) is 5. The van der Waals surface area contributed by atoms with Crippen LogP contribution >= 0.6 is 11.3 Å². The molecule has 0 aliphatic rings. The van der Waals surface area contributed by atoms with Gasteiger partial charge in [0.05, 0.1) is 4.88 Å². The van der Waals surface area contributed by atoms with Crippen molar-refractivity contribution in [3.63, 3.8) is 0 Å². The van der Waals surface area contributed by atoms with Gasteiger partial charge in [-0.05, 0) is 13.0 Å². The highest BCUT2D eigenvalue weighted by atomic mass is 32.2. The van der Waals surface area contributed by atoms with Crippen LogP contribution in [0.15, 0.2) is 11.0 Å². The Morgan fingerprint density at radius 2 is 2.14 bits per heavy atom. The Morgan fingerprint density at radius 1 is 1.57 bits per heavy atom. The predicted molar refractivity (Wildman–Crippen MR) is 53.7 cm³/mol. The molecule has 1 aromatic rings. The summed E-state index contributed by atoms with van der Waals surface area (Å²) >= 11 is 0.995. The molecule has 1 aromatic heterocycles. The fraction of sp³-hybridized carbons (Fsp3) is 0.286. The van der Waals surface area contributed by atoms with Crippen molar-refractivity contribution in [3.8, 4) is 0 Å². The van der Waals surface area contributed by atoms with Crippen LogP contribution in [0.4, 0.5) is 5.00 Å². The molecule has 0 unspecified atom stereocenters. The number of anilines is 1. The molecule has 5 nitrogen and oxygen atoms in total. The summed E-state index contributed by atoms with van der Waals surface area (Å²) in [5.41, 5.74) is 0. The van der Waals surface area contributed by atoms with E-state index < -0.39 is 10.1 Å². The van der Waals surface area contributed by atoms with Gasteiger partial charge in [0.15, 0.2) is 5.78 Å². The van der Waals surface area contributed by atoms with Crippen LogP contribution in [0.1, 0.15) is 16.6 Å². The zero-order valence-electron chi connectivity index (χ0n) is 7.57. The molecule has 1 rings (SSSR count). The molecule has 0 saturated heterocycles. The lowest BCUT2D eigenvalue weighted by molar-refractivity contribution is 0.102. The third-order valence-corrected chi connectivity index (χ3v) is 3.81. The molecule has 7 heteroatoms. The molecule has 1 heterocycles. The second kappa shape index (κ2) is 3.68. The van der Waals surface area contributed by atoms with Gasteiger partial charge in [0.1, 0.15) is 9.90 Å². The van der Waals surface area contributed by atoms with E-state index >= 15 is 0 Å². The largest absolute Gasteiger partial charge is 0.379 e. The number of Topliss-reactive ketones (excluding diaryl/α,β-unsaturated/α-hetero) is 1. The lowest BCUT2D eigenvalue weighted by Gasteiger charge is -1.96. The van der Waals surface area contributed by atoms with Crippen molar-refractivity contribution in [1.82, 2.24) is 0 Å². The number of carbonyl (C=O) groups is 1. The summed E-state index contributed by atoms with van der Waals surface area (Å²) < 4.78 is 30.5. The molecule has 0 spiro atoms.